The summed E-state index contributed by atoms with van der Waals surface area (Å²) in [5, 5.41) is 0. The molecular weight excluding hydrogens is 83.0 g/mol. The Morgan fingerprint density at radius 3 is 1.67 bits per heavy atom. The molecule has 0 aromatic rings. The lowest BCUT2D eigenvalue weighted by Gasteiger charge is -1.85. The molecule has 0 aliphatic rings. The maximum Gasteiger partial charge on any atom is 0.136 e. The molecule has 0 fully saturated rings. The van der Waals surface area contributed by atoms with Crippen LogP contribution in [0.1, 0.15) is 6.92 Å². The summed E-state index contributed by atoms with van der Waals surface area (Å²) in [7, 11) is 0. The molecule has 0 heterocycles. The van der Waals surface area contributed by atoms with Crippen molar-refractivity contribution in [3.05, 3.63) is 11.6 Å². The Hall–Kier alpha value is -0.730. The van der Waals surface area contributed by atoms with Crippen molar-refractivity contribution in [3.8, 4) is 0 Å². The van der Waals surface area contributed by atoms with Gasteiger partial charge < -0.3 is 11.5 Å². The lowest BCUT2D eigenvalue weighted by atomic mass is 10.6. The highest BCUT2D eigenvalue weighted by Crippen LogP contribution is 1.89. The minimum absolute atomic E-state index is 0.241. The minimum Gasteiger partial charge on any atom is -0.384 e. The molecule has 0 aromatic carbocycles. The van der Waals surface area contributed by atoms with E-state index in [1.165, 1.54) is 6.92 Å². The fourth-order valence-electron chi connectivity index (χ4n) is 0. The first-order valence-electron chi connectivity index (χ1n) is 1.52. The van der Waals surface area contributed by atoms with Crippen molar-refractivity contribution in [2.24, 2.45) is 11.5 Å². The summed E-state index contributed by atoms with van der Waals surface area (Å²) in [6.07, 6.45) is 0. The molecule has 4 N–H and O–H groups in total. The van der Waals surface area contributed by atoms with Crippen LogP contribution in [0.25, 0.3) is 0 Å². The van der Waals surface area contributed by atoms with E-state index in [1.807, 2.05) is 0 Å². The Balaban J connectivity index is 3.68. The molecule has 0 atom stereocenters. The van der Waals surface area contributed by atoms with Crippen molar-refractivity contribution in [1.82, 2.24) is 0 Å². The molecule has 0 amide bonds. The van der Waals surface area contributed by atoms with Crippen molar-refractivity contribution in [1.29, 1.82) is 0 Å². The summed E-state index contributed by atoms with van der Waals surface area (Å²) >= 11 is 0. The third-order valence-corrected chi connectivity index (χ3v) is 0.398. The lowest BCUT2D eigenvalue weighted by Crippen LogP contribution is -2.08. The highest BCUT2D eigenvalue weighted by atomic mass is 19.1. The average molecular weight is 90.1 g/mol. The van der Waals surface area contributed by atoms with Gasteiger partial charge in [0, 0.05) is 0 Å². The Labute approximate surface area is 35.6 Å². The number of hydrogen-bond acceptors (Lipinski definition) is 2. The van der Waals surface area contributed by atoms with Crippen molar-refractivity contribution in [2.75, 3.05) is 0 Å². The fourth-order valence-corrected chi connectivity index (χ4v) is 0. The van der Waals surface area contributed by atoms with Crippen LogP contribution in [0.5, 0.6) is 0 Å². The van der Waals surface area contributed by atoms with Gasteiger partial charge in [-0.25, -0.2) is 4.39 Å². The largest absolute Gasteiger partial charge is 0.384 e. The maximum absolute atomic E-state index is 11.5. The van der Waals surface area contributed by atoms with Crippen molar-refractivity contribution in [2.45, 2.75) is 6.92 Å². The quantitative estimate of drug-likeness (QED) is 0.442. The van der Waals surface area contributed by atoms with Crippen LogP contribution in [-0.4, -0.2) is 0 Å². The summed E-state index contributed by atoms with van der Waals surface area (Å²) in [4.78, 5) is 0. The Kier molecular flexibility index (Phi) is 1.44. The van der Waals surface area contributed by atoms with Crippen LogP contribution < -0.4 is 11.5 Å². The second-order valence-electron chi connectivity index (χ2n) is 0.989. The van der Waals surface area contributed by atoms with E-state index in [0.29, 0.717) is 0 Å². The van der Waals surface area contributed by atoms with Crippen LogP contribution in [0.3, 0.4) is 0 Å². The molecule has 3 heteroatoms. The van der Waals surface area contributed by atoms with E-state index in [-0.39, 0.29) is 5.82 Å². The molecule has 0 radical (unpaired) electrons. The second kappa shape index (κ2) is 1.64. The Bertz CT molecular complexity index is 58.9. The molecule has 0 saturated carbocycles. The predicted octanol–water partition coefficient (Wildman–Crippen LogP) is 0.0623. The Morgan fingerprint density at radius 2 is 1.67 bits per heavy atom. The van der Waals surface area contributed by atoms with Crippen molar-refractivity contribution < 1.29 is 4.39 Å². The molecule has 0 bridgehead atoms. The van der Waals surface area contributed by atoms with Crippen LogP contribution >= 0.6 is 0 Å². The molecule has 36 valence electrons. The molecule has 0 aliphatic carbocycles. The molecular formula is C3H7FN2. The monoisotopic (exact) mass is 90.1 g/mol. The van der Waals surface area contributed by atoms with Gasteiger partial charge in [0.05, 0.1) is 0 Å². The Morgan fingerprint density at radius 1 is 1.50 bits per heavy atom. The molecule has 0 unspecified atom stereocenters. The number of allylic oxidation sites excluding steroid dienone is 1. The first-order chi connectivity index (χ1) is 2.64. The molecule has 0 rings (SSSR count). The van der Waals surface area contributed by atoms with E-state index < -0.39 is 5.83 Å². The first-order valence-corrected chi connectivity index (χ1v) is 1.52. The van der Waals surface area contributed by atoms with Gasteiger partial charge in [-0.2, -0.15) is 0 Å². The summed E-state index contributed by atoms with van der Waals surface area (Å²) in [6, 6.07) is 0. The second-order valence-corrected chi connectivity index (χ2v) is 0.989. The van der Waals surface area contributed by atoms with E-state index in [2.05, 4.69) is 0 Å². The molecule has 6 heavy (non-hydrogen) atoms. The summed E-state index contributed by atoms with van der Waals surface area (Å²) in [6.45, 7) is 1.20. The molecule has 0 aliphatic heterocycles. The van der Waals surface area contributed by atoms with Gasteiger partial charge in [-0.3, -0.25) is 0 Å². The summed E-state index contributed by atoms with van der Waals surface area (Å²) < 4.78 is 11.5. The van der Waals surface area contributed by atoms with Gasteiger partial charge in [-0.15, -0.1) is 0 Å². The van der Waals surface area contributed by atoms with Crippen molar-refractivity contribution >= 4 is 0 Å². The zero-order chi connectivity index (χ0) is 5.15. The molecule has 0 aromatic heterocycles. The summed E-state index contributed by atoms with van der Waals surface area (Å²) in [5.74, 6) is -0.759. The van der Waals surface area contributed by atoms with Crippen LogP contribution in [0.2, 0.25) is 0 Å². The summed E-state index contributed by atoms with van der Waals surface area (Å²) in [5.41, 5.74) is 9.44. The van der Waals surface area contributed by atoms with Crippen LogP contribution in [0.15, 0.2) is 11.6 Å². The standard InChI is InChI=1S/C3H7FN2/c1-2(4)3(5)6/h5-6H2,1H3. The SMILES string of the molecule is CC(F)=C(N)N. The highest BCUT2D eigenvalue weighted by Gasteiger charge is 1.82. The smallest absolute Gasteiger partial charge is 0.136 e. The fraction of sp³-hybridized carbons (Fsp3) is 0.333. The number of nitrogens with two attached hydrogens (primary N) is 2. The molecule has 0 spiro atoms. The van der Waals surface area contributed by atoms with Gasteiger partial charge in [0.15, 0.2) is 0 Å². The zero-order valence-electron chi connectivity index (χ0n) is 3.53. The third kappa shape index (κ3) is 1.58. The predicted molar refractivity (Wildman–Crippen MR) is 22.2 cm³/mol. The molecule has 2 nitrogen and oxygen atoms in total. The van der Waals surface area contributed by atoms with E-state index in [1.54, 1.807) is 0 Å². The number of hydrogen-bond donors (Lipinski definition) is 2. The van der Waals surface area contributed by atoms with Gasteiger partial charge in [-0.1, -0.05) is 0 Å². The van der Waals surface area contributed by atoms with Gasteiger partial charge in [-0.05, 0) is 6.92 Å². The van der Waals surface area contributed by atoms with Gasteiger partial charge in [0.1, 0.15) is 11.6 Å². The lowest BCUT2D eigenvalue weighted by molar-refractivity contribution is 0.623. The van der Waals surface area contributed by atoms with Crippen LogP contribution in [0, 0.1) is 0 Å². The normalized spacial score (nSPS) is 7.67. The average Bonchev–Trinajstić information content (AvgIpc) is 1.36. The zero-order valence-corrected chi connectivity index (χ0v) is 3.53. The van der Waals surface area contributed by atoms with Gasteiger partial charge in [0.2, 0.25) is 0 Å². The topological polar surface area (TPSA) is 52.0 Å². The maximum atomic E-state index is 11.5. The highest BCUT2D eigenvalue weighted by molar-refractivity contribution is 4.93. The van der Waals surface area contributed by atoms with Crippen molar-refractivity contribution in [3.63, 3.8) is 0 Å². The van der Waals surface area contributed by atoms with Crippen LogP contribution in [-0.2, 0) is 0 Å². The van der Waals surface area contributed by atoms with E-state index in [9.17, 15) is 4.39 Å². The van der Waals surface area contributed by atoms with Gasteiger partial charge >= 0.3 is 0 Å². The third-order valence-electron chi connectivity index (χ3n) is 0.398. The van der Waals surface area contributed by atoms with Gasteiger partial charge in [0.25, 0.3) is 0 Å². The number of rotatable bonds is 0. The van der Waals surface area contributed by atoms with E-state index in [4.69, 9.17) is 11.5 Å². The number of halogens is 1. The minimum atomic E-state index is -0.519. The van der Waals surface area contributed by atoms with E-state index >= 15 is 0 Å². The first kappa shape index (κ1) is 5.27. The van der Waals surface area contributed by atoms with E-state index in [0.717, 1.165) is 0 Å². The molecule has 0 saturated heterocycles. The van der Waals surface area contributed by atoms with Crippen LogP contribution in [0.4, 0.5) is 4.39 Å².